The van der Waals surface area contributed by atoms with Gasteiger partial charge in [0.25, 0.3) is 0 Å². The normalized spacial score (nSPS) is 15.2. The fraction of sp³-hybridized carbons (Fsp3) is 0.333. The molecule has 2 aromatic rings. The molecule has 0 aromatic heterocycles. The minimum atomic E-state index is -3.52. The topological polar surface area (TPSA) is 86.8 Å². The van der Waals surface area contributed by atoms with Gasteiger partial charge in [-0.1, -0.05) is 31.0 Å². The van der Waals surface area contributed by atoms with E-state index in [0.717, 1.165) is 25.7 Å². The number of anilines is 1. The molecular formula is C24H28FN3O4S. The van der Waals surface area contributed by atoms with Gasteiger partial charge in [0.2, 0.25) is 21.8 Å². The summed E-state index contributed by atoms with van der Waals surface area (Å²) >= 11 is 0. The summed E-state index contributed by atoms with van der Waals surface area (Å²) in [7, 11) is -2.04. The number of likely N-dealkylation sites (N-methyl/N-ethyl adjacent to an activating group) is 1. The van der Waals surface area contributed by atoms with Crippen LogP contribution in [0.4, 0.5) is 10.1 Å². The highest BCUT2D eigenvalue weighted by atomic mass is 32.2. The number of carbonyl (C=O) groups is 2. The molecule has 2 amide bonds. The third kappa shape index (κ3) is 6.97. The number of hydrogen-bond donors (Lipinski definition) is 1. The quantitative estimate of drug-likeness (QED) is 0.624. The molecule has 0 atom stereocenters. The Kier molecular flexibility index (Phi) is 8.35. The molecule has 1 N–H and O–H groups in total. The van der Waals surface area contributed by atoms with Crippen LogP contribution in [0.2, 0.25) is 0 Å². The van der Waals surface area contributed by atoms with Crippen molar-refractivity contribution in [1.82, 2.24) is 9.21 Å². The van der Waals surface area contributed by atoms with Crippen molar-refractivity contribution in [2.24, 2.45) is 0 Å². The maximum atomic E-state index is 13.2. The van der Waals surface area contributed by atoms with E-state index in [9.17, 15) is 22.4 Å². The fourth-order valence-electron chi connectivity index (χ4n) is 3.54. The molecule has 0 aliphatic carbocycles. The average molecular weight is 474 g/mol. The first-order valence-corrected chi connectivity index (χ1v) is 12.3. The highest BCUT2D eigenvalue weighted by Gasteiger charge is 2.24. The van der Waals surface area contributed by atoms with E-state index in [-0.39, 0.29) is 11.4 Å². The lowest BCUT2D eigenvalue weighted by Gasteiger charge is -2.19. The Labute approximate surface area is 193 Å². The van der Waals surface area contributed by atoms with Crippen molar-refractivity contribution in [2.45, 2.75) is 30.6 Å². The summed E-state index contributed by atoms with van der Waals surface area (Å²) in [4.78, 5) is 25.9. The van der Waals surface area contributed by atoms with Crippen molar-refractivity contribution in [1.29, 1.82) is 0 Å². The molecule has 3 rings (SSSR count). The number of carbonyl (C=O) groups excluding carboxylic acids is 2. The summed E-state index contributed by atoms with van der Waals surface area (Å²) in [6, 6.07) is 11.9. The number of sulfonamides is 1. The molecule has 2 aromatic carbocycles. The molecule has 9 heteroatoms. The smallest absolute Gasteiger partial charge is 0.246 e. The Morgan fingerprint density at radius 1 is 1.06 bits per heavy atom. The lowest BCUT2D eigenvalue weighted by molar-refractivity contribution is -0.129. The first-order chi connectivity index (χ1) is 15.8. The van der Waals surface area contributed by atoms with Gasteiger partial charge in [0, 0.05) is 31.9 Å². The summed E-state index contributed by atoms with van der Waals surface area (Å²) in [5, 5.41) is 2.54. The Hall–Kier alpha value is -3.04. The minimum absolute atomic E-state index is 0.202. The van der Waals surface area contributed by atoms with E-state index in [1.165, 1.54) is 40.5 Å². The van der Waals surface area contributed by atoms with Gasteiger partial charge in [-0.2, -0.15) is 4.31 Å². The summed E-state index contributed by atoms with van der Waals surface area (Å²) in [6.07, 6.45) is 6.71. The van der Waals surface area contributed by atoms with E-state index >= 15 is 0 Å². The minimum Gasteiger partial charge on any atom is -0.333 e. The van der Waals surface area contributed by atoms with Gasteiger partial charge in [0.1, 0.15) is 5.82 Å². The summed E-state index contributed by atoms with van der Waals surface area (Å²) in [6.45, 7) is 0.877. The van der Waals surface area contributed by atoms with Crippen molar-refractivity contribution in [3.8, 4) is 0 Å². The van der Waals surface area contributed by atoms with Gasteiger partial charge in [-0.3, -0.25) is 9.59 Å². The van der Waals surface area contributed by atoms with Crippen molar-refractivity contribution in [3.05, 3.63) is 66.0 Å². The van der Waals surface area contributed by atoms with Gasteiger partial charge in [0.15, 0.2) is 0 Å². The van der Waals surface area contributed by atoms with Crippen molar-refractivity contribution in [2.75, 3.05) is 32.0 Å². The zero-order valence-electron chi connectivity index (χ0n) is 18.5. The zero-order valence-corrected chi connectivity index (χ0v) is 19.4. The molecular weight excluding hydrogens is 445 g/mol. The van der Waals surface area contributed by atoms with E-state index in [4.69, 9.17) is 0 Å². The summed E-state index contributed by atoms with van der Waals surface area (Å²) in [5.74, 6) is -1.32. The number of amides is 2. The number of nitrogens with zero attached hydrogens (tertiary/aromatic N) is 2. The predicted molar refractivity (Wildman–Crippen MR) is 125 cm³/mol. The Morgan fingerprint density at radius 3 is 2.36 bits per heavy atom. The highest BCUT2D eigenvalue weighted by molar-refractivity contribution is 7.89. The van der Waals surface area contributed by atoms with Crippen molar-refractivity contribution >= 4 is 33.6 Å². The van der Waals surface area contributed by atoms with E-state index in [1.54, 1.807) is 36.4 Å². The third-order valence-electron chi connectivity index (χ3n) is 5.37. The van der Waals surface area contributed by atoms with Gasteiger partial charge >= 0.3 is 0 Å². The second-order valence-electron chi connectivity index (χ2n) is 7.97. The number of benzene rings is 2. The second kappa shape index (κ2) is 11.2. The monoisotopic (exact) mass is 473 g/mol. The highest BCUT2D eigenvalue weighted by Crippen LogP contribution is 2.21. The van der Waals surface area contributed by atoms with Crippen LogP contribution in [0.25, 0.3) is 6.08 Å². The maximum absolute atomic E-state index is 13.2. The molecule has 0 saturated carbocycles. The second-order valence-corrected chi connectivity index (χ2v) is 9.91. The molecule has 0 bridgehead atoms. The largest absolute Gasteiger partial charge is 0.333 e. The van der Waals surface area contributed by atoms with Crippen LogP contribution in [0.3, 0.4) is 0 Å². The van der Waals surface area contributed by atoms with Crippen LogP contribution in [0.15, 0.2) is 59.5 Å². The van der Waals surface area contributed by atoms with Crippen LogP contribution in [0.5, 0.6) is 0 Å². The molecule has 0 radical (unpaired) electrons. The predicted octanol–water partition coefficient (Wildman–Crippen LogP) is 3.50. The van der Waals surface area contributed by atoms with Gasteiger partial charge in [-0.05, 0) is 54.8 Å². The standard InChI is InChI=1S/C24H28FN3O4S/c1-27(18-23(29)26-21-8-6-7-20(25)17-21)24(30)14-11-19-9-12-22(13-10-19)33(31,32)28-15-4-2-3-5-16-28/h6-14,17H,2-5,15-16,18H2,1H3,(H,26,29). The summed E-state index contributed by atoms with van der Waals surface area (Å²) < 4.78 is 40.4. The molecule has 1 aliphatic rings. The third-order valence-corrected chi connectivity index (χ3v) is 7.28. The van der Waals surface area contributed by atoms with Crippen molar-refractivity contribution in [3.63, 3.8) is 0 Å². The van der Waals surface area contributed by atoms with Crippen molar-refractivity contribution < 1.29 is 22.4 Å². The molecule has 0 spiro atoms. The molecule has 1 heterocycles. The Balaban J connectivity index is 1.56. The Bertz CT molecular complexity index is 1110. The molecule has 1 saturated heterocycles. The van der Waals surface area contributed by atoms with Gasteiger partial charge < -0.3 is 10.2 Å². The number of nitrogens with one attached hydrogen (secondary N) is 1. The van der Waals surface area contributed by atoms with Crippen LogP contribution in [-0.2, 0) is 19.6 Å². The van der Waals surface area contributed by atoms with Crippen LogP contribution >= 0.6 is 0 Å². The fourth-order valence-corrected chi connectivity index (χ4v) is 5.05. The first-order valence-electron chi connectivity index (χ1n) is 10.8. The van der Waals surface area contributed by atoms with Gasteiger partial charge in [0.05, 0.1) is 11.4 Å². The molecule has 1 fully saturated rings. The van der Waals surface area contributed by atoms with Crippen LogP contribution in [0.1, 0.15) is 31.2 Å². The molecule has 176 valence electrons. The lowest BCUT2D eigenvalue weighted by Crippen LogP contribution is -2.33. The number of hydrogen-bond acceptors (Lipinski definition) is 4. The van der Waals surface area contributed by atoms with E-state index in [0.29, 0.717) is 24.3 Å². The van der Waals surface area contributed by atoms with E-state index in [2.05, 4.69) is 5.32 Å². The molecule has 7 nitrogen and oxygen atoms in total. The Morgan fingerprint density at radius 2 is 1.73 bits per heavy atom. The van der Waals surface area contributed by atoms with Crippen LogP contribution in [0, 0.1) is 5.82 Å². The van der Waals surface area contributed by atoms with E-state index in [1.807, 2.05) is 0 Å². The van der Waals surface area contributed by atoms with E-state index < -0.39 is 27.7 Å². The average Bonchev–Trinajstić information content (AvgIpc) is 3.08. The SMILES string of the molecule is CN(CC(=O)Nc1cccc(F)c1)C(=O)C=Cc1ccc(S(=O)(=O)N2CCCCCC2)cc1. The van der Waals surface area contributed by atoms with Gasteiger partial charge in [-0.25, -0.2) is 12.8 Å². The van der Waals surface area contributed by atoms with Gasteiger partial charge in [-0.15, -0.1) is 0 Å². The molecule has 33 heavy (non-hydrogen) atoms. The summed E-state index contributed by atoms with van der Waals surface area (Å²) in [5.41, 5.74) is 0.974. The number of halogens is 1. The van der Waals surface area contributed by atoms with Crippen LogP contribution < -0.4 is 5.32 Å². The zero-order chi connectivity index (χ0) is 23.8. The molecule has 1 aliphatic heterocycles. The number of rotatable bonds is 7. The first kappa shape index (κ1) is 24.6. The maximum Gasteiger partial charge on any atom is 0.246 e. The lowest BCUT2D eigenvalue weighted by atomic mass is 10.2. The van der Waals surface area contributed by atoms with Crippen LogP contribution in [-0.4, -0.2) is 56.1 Å². The molecule has 0 unspecified atom stereocenters.